The maximum Gasteiger partial charge on any atom is 0.410 e. The average Bonchev–Trinajstić information content (AvgIpc) is 1.46. The third kappa shape index (κ3) is 21.8. The first-order valence-electron chi connectivity index (χ1n) is 49.7. The number of aromatic amines is 6. The minimum absolute atomic E-state index is 0.0551. The van der Waals surface area contributed by atoms with Crippen molar-refractivity contribution in [1.82, 2.24) is 75.4 Å². The maximum atomic E-state index is 14.1. The van der Waals surface area contributed by atoms with E-state index >= 15 is 0 Å². The first-order valence-corrected chi connectivity index (χ1v) is 53.9. The molecule has 26 rings (SSSR count). The number of hydrogen-bond donors (Lipinski definition) is 10. The average molecular weight is 2260 g/mol. The Kier molecular flexibility index (Phi) is 30.9. The van der Waals surface area contributed by atoms with E-state index in [4.69, 9.17) is 85.9 Å². The molecule has 18 nitrogen and oxygen atoms in total. The lowest BCUT2D eigenvalue weighted by Gasteiger charge is -2.36. The van der Waals surface area contributed by atoms with Gasteiger partial charge in [-0.1, -0.05) is 210 Å². The van der Waals surface area contributed by atoms with Crippen molar-refractivity contribution in [1.29, 1.82) is 0 Å². The van der Waals surface area contributed by atoms with Gasteiger partial charge in [-0.25, -0.2) is 27.7 Å². The van der Waals surface area contributed by atoms with E-state index in [1.807, 2.05) is 187 Å². The summed E-state index contributed by atoms with van der Waals surface area (Å²) in [5.74, 6) is -1.11. The molecule has 20 aromatic rings. The van der Waals surface area contributed by atoms with Crippen LogP contribution in [0.15, 0.2) is 307 Å². The second kappa shape index (κ2) is 44.9. The number of hydrogen-bond acceptors (Lipinski definition) is 8. The van der Waals surface area contributed by atoms with Gasteiger partial charge in [0.05, 0.1) is 43.1 Å². The highest BCUT2D eigenvalue weighted by Gasteiger charge is 2.40. The van der Waals surface area contributed by atoms with Gasteiger partial charge in [0.15, 0.2) is 0 Å². The van der Waals surface area contributed by atoms with Crippen molar-refractivity contribution in [3.63, 3.8) is 0 Å². The van der Waals surface area contributed by atoms with Crippen LogP contribution in [-0.4, -0.2) is 118 Å². The molecule has 0 saturated carbocycles. The van der Waals surface area contributed by atoms with Crippen molar-refractivity contribution in [3.05, 3.63) is 466 Å². The molecule has 10 N–H and O–H groups in total. The van der Waals surface area contributed by atoms with Crippen molar-refractivity contribution in [2.75, 3.05) is 45.9 Å². The number of urea groups is 1. The van der Waals surface area contributed by atoms with Crippen LogP contribution in [0.1, 0.15) is 164 Å². The van der Waals surface area contributed by atoms with Gasteiger partial charge in [0.2, 0.25) is 0 Å². The summed E-state index contributed by atoms with van der Waals surface area (Å²) in [5, 5.41) is 25.5. The number of ether oxygens (including phenoxy) is 1. The summed E-state index contributed by atoms with van der Waals surface area (Å²) in [4.78, 5) is 57.0. The van der Waals surface area contributed by atoms with Crippen LogP contribution in [0.4, 0.5) is 22.8 Å². The summed E-state index contributed by atoms with van der Waals surface area (Å²) < 4.78 is 50.7. The van der Waals surface area contributed by atoms with E-state index in [1.165, 1.54) is 95.8 Å². The number of benzene rings is 13. The molecular weight excluding hydrogens is 2150 g/mol. The van der Waals surface area contributed by atoms with Gasteiger partial charge in [-0.3, -0.25) is 9.80 Å². The quantitative estimate of drug-likeness (QED) is 0.0600. The number of rotatable bonds is 11. The zero-order valence-electron chi connectivity index (χ0n) is 81.2. The van der Waals surface area contributed by atoms with Gasteiger partial charge in [0.1, 0.15) is 23.5 Å². The Bertz CT molecular complexity index is 8340. The van der Waals surface area contributed by atoms with Crippen molar-refractivity contribution in [2.24, 2.45) is 0 Å². The molecule has 6 aliphatic rings. The third-order valence-electron chi connectivity index (χ3n) is 28.5. The zero-order chi connectivity index (χ0) is 103. The molecule has 0 aliphatic carbocycles. The number of nitrogens with zero attached hydrogens (tertiary/aromatic N) is 5. The van der Waals surface area contributed by atoms with Gasteiger partial charge in [0.25, 0.3) is 0 Å². The molecule has 13 aromatic carbocycles. The van der Waals surface area contributed by atoms with Crippen molar-refractivity contribution < 1.29 is 27.5 Å². The van der Waals surface area contributed by atoms with Crippen LogP contribution < -0.4 is 21.3 Å². The lowest BCUT2D eigenvalue weighted by Crippen LogP contribution is -2.47. The van der Waals surface area contributed by atoms with Crippen LogP contribution >= 0.6 is 113 Å². The van der Waals surface area contributed by atoms with E-state index in [-0.39, 0.29) is 60.2 Å². The van der Waals surface area contributed by atoms with E-state index < -0.39 is 11.6 Å². The van der Waals surface area contributed by atoms with E-state index in [1.54, 1.807) is 30.2 Å². The number of aromatic nitrogens is 8. The number of H-pyrrole nitrogens is 6. The topological polar surface area (TPSA) is 214 Å². The minimum Gasteiger partial charge on any atom is -0.450 e. The molecule has 0 fully saturated rings. The highest BCUT2D eigenvalue weighted by atomic mass is 79.9. The summed E-state index contributed by atoms with van der Waals surface area (Å²) in [7, 11) is 0. The van der Waals surface area contributed by atoms with Gasteiger partial charge >= 0.3 is 12.1 Å². The number of halogens is 12. The van der Waals surface area contributed by atoms with Gasteiger partial charge < -0.3 is 65.4 Å². The van der Waals surface area contributed by atoms with Crippen LogP contribution in [-0.2, 0) is 49.8 Å². The molecular formula is C119H103Br2Cl7F3N15O3. The number of fused-ring (bicyclic) bond motifs is 18. The monoisotopic (exact) mass is 2250 g/mol. The predicted octanol–water partition coefficient (Wildman–Crippen LogP) is 30.7. The van der Waals surface area contributed by atoms with Crippen LogP contribution in [0, 0.1) is 17.5 Å². The Morgan fingerprint density at radius 3 is 1.38 bits per heavy atom. The predicted molar refractivity (Wildman–Crippen MR) is 604 cm³/mol. The number of nitrogens with one attached hydrogen (secondary N) is 10. The van der Waals surface area contributed by atoms with Gasteiger partial charge in [-0.15, -0.1) is 0 Å². The summed E-state index contributed by atoms with van der Waals surface area (Å²) >= 11 is 50.5. The lowest BCUT2D eigenvalue weighted by molar-refractivity contribution is 0.0932. The molecule has 6 atom stereocenters. The van der Waals surface area contributed by atoms with E-state index in [0.29, 0.717) is 48.3 Å². The molecule has 0 spiro atoms. The van der Waals surface area contributed by atoms with E-state index in [2.05, 4.69) is 184 Å². The van der Waals surface area contributed by atoms with Crippen LogP contribution in [0.3, 0.4) is 0 Å². The summed E-state index contributed by atoms with van der Waals surface area (Å²) in [6, 6.07) is 89.2. The second-order valence-corrected chi connectivity index (χ2v) is 43.0. The molecule has 0 bridgehead atoms. The molecule has 756 valence electrons. The standard InChI is InChI=1S/C27H23ClN4.C21H21BrClN3O.C20H18BrFN2O2.2C17H14Cl2N2.C17H13ClF2N2/c28-21-8-11-25-24(16-21)23-12-14-31(17-19-4-2-1-3-5-19)27(26(23)30-25)20-6-9-22(10-7-20)32-15-13-29-18-32;1-12(2)24-21(27)26-9-8-16-17-11-14(22)6-7-18(17)25-19(16)20(26)13-4-3-5-15(23)10-13;1-2-26-20(25)24-10-9-15-16-11-14(22)7-8-17(16)23-18(15)19(24)12-3-5-13(21)6-4-12;18-11-3-1-2-10(8-11)16-17-13(6-7-20-16)14-9-12(19)4-5-15(14)21-17;18-10-5-6-15-13(9-10)11-7-8-20-16(17(11)21-15)12-3-1-2-4-14(12)19;18-9-1-4-15-12(7-9)11-5-6-21-16(17(11)22-15)13-8-10(19)2-3-14(13)20/h1-11,13,15-16,18,27,30H,12,14,17H2;3-7,10-12,20,25H,8-9H2,1-2H3,(H,24,27);3-8,11,19,23H,2,9-10H2,1H3;1-5,8-9,16,20-21H,6-7H2;1-6,9,16,20-21H,7-8H2;1-4,7-8,16,21-22H,5-6H2. The molecule has 30 heteroatoms. The molecule has 6 aliphatic heterocycles. The molecule has 13 heterocycles. The highest BCUT2D eigenvalue weighted by Crippen LogP contribution is 2.47. The number of imidazole rings is 1. The Hall–Kier alpha value is -12.5. The molecule has 3 amide bonds. The number of carbonyl (C=O) groups excluding carboxylic acids is 2. The third-order valence-corrected chi connectivity index (χ3v) is 31.3. The summed E-state index contributed by atoms with van der Waals surface area (Å²) in [6.45, 7) is 11.7. The van der Waals surface area contributed by atoms with Crippen LogP contribution in [0.25, 0.3) is 71.1 Å². The molecule has 149 heavy (non-hydrogen) atoms. The fraction of sp³-hybridized carbons (Fsp3) is 0.202. The normalized spacial score (nSPS) is 17.1. The van der Waals surface area contributed by atoms with E-state index in [9.17, 15) is 22.8 Å². The maximum absolute atomic E-state index is 14.1. The molecule has 0 saturated heterocycles. The Balaban J connectivity index is 0.000000105. The summed E-state index contributed by atoms with van der Waals surface area (Å²) in [6.07, 6.45) is 10.6. The van der Waals surface area contributed by atoms with E-state index in [0.717, 1.165) is 193 Å². The second-order valence-electron chi connectivity index (χ2n) is 38.2. The fourth-order valence-electron chi connectivity index (χ4n) is 22.0. The smallest absolute Gasteiger partial charge is 0.410 e. The fourth-order valence-corrected chi connectivity index (χ4v) is 23.9. The SMILES string of the molecule is CC(C)NC(=O)N1CCc2c([nH]c3ccc(Br)cc23)C1c1cccc(Cl)c1.CCOC(=O)N1CCc2c([nH]c3ccc(F)cc23)C1c1ccc(Br)cc1.Clc1ccc2[nH]c3c(c2c1)CCN(Cc1ccccc1)C3c1ccc(-n2ccnc2)cc1.Clc1ccc2[nH]c3c(c2c1)CCNC3c1ccccc1Cl.Clc1cccc(C2NCCc3c2[nH]c2ccc(Cl)cc32)c1.Fc1ccc(F)c(C2NCCc3c2[nH]c2ccc(Cl)cc32)c1. The number of amides is 3. The first-order chi connectivity index (χ1) is 72.4. The van der Waals surface area contributed by atoms with Gasteiger partial charge in [-0.05, 0) is 308 Å². The Morgan fingerprint density at radius 2 is 0.832 bits per heavy atom. The van der Waals surface area contributed by atoms with Crippen LogP contribution in [0.5, 0.6) is 0 Å². The Morgan fingerprint density at radius 1 is 0.403 bits per heavy atom. The molecule has 0 radical (unpaired) electrons. The molecule has 6 unspecified atom stereocenters. The van der Waals surface area contributed by atoms with Crippen LogP contribution in [0.2, 0.25) is 35.2 Å². The van der Waals surface area contributed by atoms with Gasteiger partial charge in [-0.2, -0.15) is 0 Å². The molecule has 7 aromatic heterocycles. The minimum atomic E-state index is -0.440. The first kappa shape index (κ1) is 102. The largest absolute Gasteiger partial charge is 0.450 e. The Labute approximate surface area is 911 Å². The highest BCUT2D eigenvalue weighted by molar-refractivity contribution is 9.10. The van der Waals surface area contributed by atoms with Crippen molar-refractivity contribution in [2.45, 2.75) is 108 Å². The lowest BCUT2D eigenvalue weighted by atomic mass is 9.91. The van der Waals surface area contributed by atoms with Gasteiger partial charge in [0, 0.05) is 219 Å². The van der Waals surface area contributed by atoms with Crippen molar-refractivity contribution in [3.8, 4) is 5.69 Å². The summed E-state index contributed by atoms with van der Waals surface area (Å²) in [5.41, 5.74) is 28.8. The number of carbonyl (C=O) groups is 2. The van der Waals surface area contributed by atoms with Crippen molar-refractivity contribution >= 4 is 191 Å². The zero-order valence-corrected chi connectivity index (χ0v) is 89.7.